The highest BCUT2D eigenvalue weighted by Crippen LogP contribution is 2.45. The van der Waals surface area contributed by atoms with Crippen molar-refractivity contribution in [2.24, 2.45) is 0 Å². The summed E-state index contributed by atoms with van der Waals surface area (Å²) in [6.07, 6.45) is 2.77. The summed E-state index contributed by atoms with van der Waals surface area (Å²) in [6, 6.07) is 7.61. The molecule has 0 aliphatic carbocycles. The second-order valence-electron chi connectivity index (χ2n) is 9.19. The summed E-state index contributed by atoms with van der Waals surface area (Å²) in [6.45, 7) is 3.98. The van der Waals surface area contributed by atoms with Crippen LogP contribution in [0.15, 0.2) is 52.2 Å². The molecular formula is C25H34N3O11P. The topological polar surface area (TPSA) is 188 Å². The van der Waals surface area contributed by atoms with E-state index < -0.39 is 61.1 Å². The zero-order valence-corrected chi connectivity index (χ0v) is 23.6. The molecule has 220 valence electrons. The number of para-hydroxylation sites is 1. The summed E-state index contributed by atoms with van der Waals surface area (Å²) in [7, 11) is -1.80. The van der Waals surface area contributed by atoms with E-state index >= 15 is 0 Å². The number of aromatic nitrogens is 2. The van der Waals surface area contributed by atoms with Gasteiger partial charge >= 0.3 is 19.4 Å². The predicted molar refractivity (Wildman–Crippen MR) is 142 cm³/mol. The molecule has 4 N–H and O–H groups in total. The van der Waals surface area contributed by atoms with Gasteiger partial charge in [-0.2, -0.15) is 5.09 Å². The maximum absolute atomic E-state index is 13.8. The summed E-state index contributed by atoms with van der Waals surface area (Å²) in [4.78, 5) is 38.2. The first-order chi connectivity index (χ1) is 18.7. The van der Waals surface area contributed by atoms with E-state index in [1.165, 1.54) is 26.2 Å². The highest BCUT2D eigenvalue weighted by Gasteiger charge is 2.44. The van der Waals surface area contributed by atoms with Crippen LogP contribution in [0.5, 0.6) is 5.75 Å². The molecular weight excluding hydrogens is 549 g/mol. The van der Waals surface area contributed by atoms with Crippen molar-refractivity contribution in [1.82, 2.24) is 14.6 Å². The fourth-order valence-electron chi connectivity index (χ4n) is 3.13. The standard InChI is InChI=1S/C25H34N3O11P/c1-7-25(33,28-14-13-20(29)26-23(28)32)21(30)19(35-5)15-38-40(34,39-18-11-9-8-10-12-18)27-17(2)22(31)37-16-24(3,4)36-6/h1,8-14,17,19,21,30,33H,15-16H2,2-6H3,(H,27,34)(H,26,29,32)/t17-,19+,21+,25+,40?/m0/s1. The van der Waals surface area contributed by atoms with Crippen LogP contribution in [0.2, 0.25) is 0 Å². The first-order valence-electron chi connectivity index (χ1n) is 11.9. The summed E-state index contributed by atoms with van der Waals surface area (Å²) in [5.41, 5.74) is -5.34. The molecule has 2 aromatic rings. The van der Waals surface area contributed by atoms with Crippen LogP contribution in [0.25, 0.3) is 0 Å². The number of benzene rings is 1. The van der Waals surface area contributed by atoms with Gasteiger partial charge in [-0.15, -0.1) is 6.42 Å². The highest BCUT2D eigenvalue weighted by molar-refractivity contribution is 7.52. The van der Waals surface area contributed by atoms with Gasteiger partial charge in [-0.3, -0.25) is 23.7 Å². The Morgan fingerprint density at radius 1 is 1.23 bits per heavy atom. The van der Waals surface area contributed by atoms with Crippen molar-refractivity contribution in [3.05, 3.63) is 63.4 Å². The number of carbonyl (C=O) groups is 1. The van der Waals surface area contributed by atoms with Crippen molar-refractivity contribution in [3.63, 3.8) is 0 Å². The van der Waals surface area contributed by atoms with E-state index in [0.717, 1.165) is 19.4 Å². The van der Waals surface area contributed by atoms with Crippen LogP contribution in [0.3, 0.4) is 0 Å². The number of aliphatic hydroxyl groups is 2. The third kappa shape index (κ3) is 8.61. The molecule has 0 saturated heterocycles. The largest absolute Gasteiger partial charge is 0.461 e. The molecule has 2 rings (SSSR count). The minimum Gasteiger partial charge on any atom is -0.461 e. The number of aromatic amines is 1. The van der Waals surface area contributed by atoms with Crippen molar-refractivity contribution in [2.75, 3.05) is 27.4 Å². The minimum absolute atomic E-state index is 0.0915. The first-order valence-corrected chi connectivity index (χ1v) is 13.5. The molecule has 1 aromatic heterocycles. The van der Waals surface area contributed by atoms with Gasteiger partial charge in [0, 0.05) is 26.5 Å². The van der Waals surface area contributed by atoms with Gasteiger partial charge < -0.3 is 28.9 Å². The van der Waals surface area contributed by atoms with Crippen molar-refractivity contribution < 1.29 is 42.8 Å². The summed E-state index contributed by atoms with van der Waals surface area (Å²) in [5, 5.41) is 24.4. The van der Waals surface area contributed by atoms with Crippen LogP contribution in [0, 0.1) is 12.3 Å². The monoisotopic (exact) mass is 583 g/mol. The third-order valence-electron chi connectivity index (χ3n) is 5.67. The van der Waals surface area contributed by atoms with Gasteiger partial charge in [0.05, 0.1) is 12.2 Å². The minimum atomic E-state index is -4.40. The average molecular weight is 584 g/mol. The molecule has 1 unspecified atom stereocenters. The predicted octanol–water partition coefficient (Wildman–Crippen LogP) is 0.341. The summed E-state index contributed by atoms with van der Waals surface area (Å²) >= 11 is 0. The maximum atomic E-state index is 13.8. The normalized spacial score (nSPS) is 16.9. The summed E-state index contributed by atoms with van der Waals surface area (Å²) in [5.74, 6) is 1.24. The van der Waals surface area contributed by atoms with E-state index in [4.69, 9.17) is 29.7 Å². The SMILES string of the molecule is C#C[C@@](O)([C@H](O)[C@@H](COP(=O)(N[C@@H](C)C(=O)OCC(C)(C)OC)Oc1ccccc1)OC)n1ccc(=O)[nH]c1=O. The molecule has 0 amide bonds. The average Bonchev–Trinajstić information content (AvgIpc) is 2.92. The number of rotatable bonds is 15. The van der Waals surface area contributed by atoms with Crippen molar-refractivity contribution >= 4 is 13.7 Å². The molecule has 0 aliphatic rings. The fraction of sp³-hybridized carbons (Fsp3) is 0.480. The number of hydrogen-bond donors (Lipinski definition) is 4. The van der Waals surface area contributed by atoms with Gasteiger partial charge in [0.1, 0.15) is 30.6 Å². The Morgan fingerprint density at radius 2 is 1.88 bits per heavy atom. The summed E-state index contributed by atoms with van der Waals surface area (Å²) < 4.78 is 41.0. The van der Waals surface area contributed by atoms with Crippen molar-refractivity contribution in [2.45, 2.75) is 50.3 Å². The number of methoxy groups -OCH3 is 2. The number of aliphatic hydroxyl groups excluding tert-OH is 1. The van der Waals surface area contributed by atoms with Gasteiger partial charge in [-0.1, -0.05) is 18.2 Å². The lowest BCUT2D eigenvalue weighted by atomic mass is 10.0. The molecule has 1 aromatic carbocycles. The van der Waals surface area contributed by atoms with E-state index in [1.54, 1.807) is 32.0 Å². The molecule has 14 nitrogen and oxygen atoms in total. The van der Waals surface area contributed by atoms with E-state index in [2.05, 4.69) is 5.09 Å². The van der Waals surface area contributed by atoms with E-state index in [1.807, 2.05) is 10.9 Å². The molecule has 5 atom stereocenters. The number of carbonyl (C=O) groups excluding carboxylic acids is 1. The Bertz CT molecular complexity index is 1340. The molecule has 1 heterocycles. The molecule has 40 heavy (non-hydrogen) atoms. The lowest BCUT2D eigenvalue weighted by Gasteiger charge is -2.34. The van der Waals surface area contributed by atoms with Gasteiger partial charge in [0.25, 0.3) is 5.56 Å². The molecule has 0 spiro atoms. The second kappa shape index (κ2) is 13.9. The van der Waals surface area contributed by atoms with Crippen molar-refractivity contribution in [3.8, 4) is 18.1 Å². The number of H-pyrrole nitrogens is 1. The lowest BCUT2D eigenvalue weighted by Crippen LogP contribution is -2.56. The number of esters is 1. The number of nitrogens with one attached hydrogen (secondary N) is 2. The Hall–Kier alpha value is -3.28. The van der Waals surface area contributed by atoms with Crippen LogP contribution >= 0.6 is 7.75 Å². The Kier molecular flexibility index (Phi) is 11.4. The molecule has 0 fully saturated rings. The number of hydrogen-bond acceptors (Lipinski definition) is 11. The first kappa shape index (κ1) is 32.9. The zero-order valence-electron chi connectivity index (χ0n) is 22.7. The van der Waals surface area contributed by atoms with Crippen LogP contribution in [-0.2, 0) is 33.8 Å². The van der Waals surface area contributed by atoms with Crippen LogP contribution in [-0.4, -0.2) is 77.0 Å². The number of terminal acetylenes is 1. The van der Waals surface area contributed by atoms with Crippen LogP contribution < -0.4 is 20.9 Å². The second-order valence-corrected chi connectivity index (χ2v) is 10.9. The van der Waals surface area contributed by atoms with Crippen LogP contribution in [0.1, 0.15) is 20.8 Å². The Morgan fingerprint density at radius 3 is 2.42 bits per heavy atom. The number of nitrogens with zero attached hydrogens (tertiary/aromatic N) is 1. The number of ether oxygens (including phenoxy) is 3. The maximum Gasteiger partial charge on any atom is 0.459 e. The van der Waals surface area contributed by atoms with Gasteiger partial charge in [0.2, 0.25) is 5.72 Å². The molecule has 15 heteroatoms. The quantitative estimate of drug-likeness (QED) is 0.128. The van der Waals surface area contributed by atoms with Crippen molar-refractivity contribution in [1.29, 1.82) is 0 Å². The lowest BCUT2D eigenvalue weighted by molar-refractivity contribution is -0.155. The van der Waals surface area contributed by atoms with E-state index in [-0.39, 0.29) is 12.4 Å². The molecule has 0 aliphatic heterocycles. The Balaban J connectivity index is 2.28. The zero-order chi connectivity index (χ0) is 30.1. The molecule has 0 saturated carbocycles. The fourth-order valence-corrected chi connectivity index (χ4v) is 4.63. The molecule has 0 radical (unpaired) electrons. The van der Waals surface area contributed by atoms with Gasteiger partial charge in [-0.25, -0.2) is 9.36 Å². The third-order valence-corrected chi connectivity index (χ3v) is 7.31. The smallest absolute Gasteiger partial charge is 0.459 e. The van der Waals surface area contributed by atoms with Gasteiger partial charge in [-0.05, 0) is 38.8 Å². The molecule has 0 bridgehead atoms. The Labute approximate surface area is 230 Å². The van der Waals surface area contributed by atoms with Gasteiger partial charge in [0.15, 0.2) is 0 Å². The van der Waals surface area contributed by atoms with Crippen LogP contribution in [0.4, 0.5) is 0 Å². The van der Waals surface area contributed by atoms with E-state index in [0.29, 0.717) is 4.57 Å². The highest BCUT2D eigenvalue weighted by atomic mass is 31.2. The van der Waals surface area contributed by atoms with E-state index in [9.17, 15) is 29.2 Å².